The van der Waals surface area contributed by atoms with Gasteiger partial charge in [-0.15, -0.1) is 0 Å². The van der Waals surface area contributed by atoms with E-state index >= 15 is 0 Å². The van der Waals surface area contributed by atoms with Gasteiger partial charge in [-0.3, -0.25) is 0 Å². The molecule has 3 heteroatoms. The van der Waals surface area contributed by atoms with Gasteiger partial charge in [-0.25, -0.2) is 4.39 Å². The highest BCUT2D eigenvalue weighted by Gasteiger charge is 2.50. The molecule has 2 aliphatic rings. The first-order valence-electron chi connectivity index (χ1n) is 8.64. The quantitative estimate of drug-likeness (QED) is 0.765. The Morgan fingerprint density at radius 3 is 2.54 bits per heavy atom. The van der Waals surface area contributed by atoms with E-state index in [2.05, 4.69) is 44.3 Å². The lowest BCUT2D eigenvalue weighted by atomic mass is 9.73. The molecule has 2 aromatic carbocycles. The van der Waals surface area contributed by atoms with E-state index < -0.39 is 0 Å². The van der Waals surface area contributed by atoms with Crippen molar-refractivity contribution in [2.24, 2.45) is 5.41 Å². The van der Waals surface area contributed by atoms with Crippen molar-refractivity contribution in [1.82, 2.24) is 0 Å². The maximum Gasteiger partial charge on any atom is 0.123 e. The number of nitrogens with one attached hydrogen (secondary N) is 1. The second-order valence-corrected chi connectivity index (χ2v) is 8.13. The molecule has 2 aliphatic heterocycles. The molecule has 0 aliphatic carbocycles. The number of aryl methyl sites for hydroxylation is 1. The summed E-state index contributed by atoms with van der Waals surface area (Å²) < 4.78 is 19.7. The molecule has 1 N–H and O–H groups in total. The molecule has 1 unspecified atom stereocenters. The Bertz CT molecular complexity index is 768. The first-order valence-corrected chi connectivity index (χ1v) is 8.64. The van der Waals surface area contributed by atoms with E-state index in [-0.39, 0.29) is 22.9 Å². The highest BCUT2D eigenvalue weighted by atomic mass is 19.1. The first-order chi connectivity index (χ1) is 11.4. The summed E-state index contributed by atoms with van der Waals surface area (Å²) in [5, 5.41) is 3.64. The summed E-state index contributed by atoms with van der Waals surface area (Å²) in [6.45, 7) is 7.44. The minimum atomic E-state index is -0.255. The molecule has 0 saturated carbocycles. The predicted molar refractivity (Wildman–Crippen MR) is 94.6 cm³/mol. The molecule has 24 heavy (non-hydrogen) atoms. The van der Waals surface area contributed by atoms with Crippen LogP contribution >= 0.6 is 0 Å². The third kappa shape index (κ3) is 2.61. The van der Waals surface area contributed by atoms with Crippen molar-refractivity contribution in [1.29, 1.82) is 0 Å². The molecule has 0 bridgehead atoms. The van der Waals surface area contributed by atoms with Gasteiger partial charge in [-0.05, 0) is 42.5 Å². The Morgan fingerprint density at radius 2 is 1.88 bits per heavy atom. The van der Waals surface area contributed by atoms with Gasteiger partial charge in [0.25, 0.3) is 0 Å². The number of hydrogen-bond donors (Lipinski definition) is 1. The summed E-state index contributed by atoms with van der Waals surface area (Å²) in [5.41, 5.74) is 4.69. The van der Waals surface area contributed by atoms with Gasteiger partial charge >= 0.3 is 0 Å². The molecule has 2 aromatic rings. The summed E-state index contributed by atoms with van der Waals surface area (Å²) >= 11 is 0. The Labute approximate surface area is 143 Å². The van der Waals surface area contributed by atoms with Crippen molar-refractivity contribution in [3.05, 3.63) is 65.0 Å². The largest absolute Gasteiger partial charge is 0.378 e. The number of halogens is 1. The molecule has 1 spiro atoms. The van der Waals surface area contributed by atoms with Crippen LogP contribution in [0.1, 0.15) is 49.4 Å². The summed E-state index contributed by atoms with van der Waals surface area (Å²) in [6, 6.07) is 13.5. The van der Waals surface area contributed by atoms with Crippen molar-refractivity contribution in [3.8, 4) is 0 Å². The molecule has 0 radical (unpaired) electrons. The second-order valence-electron chi connectivity index (χ2n) is 8.13. The maximum absolute atomic E-state index is 13.3. The predicted octanol–water partition coefficient (Wildman–Crippen LogP) is 5.33. The number of hydrogen-bond acceptors (Lipinski definition) is 2. The topological polar surface area (TPSA) is 21.3 Å². The molecule has 0 amide bonds. The minimum Gasteiger partial charge on any atom is -0.378 e. The number of ether oxygens (including phenoxy) is 1. The summed E-state index contributed by atoms with van der Waals surface area (Å²) in [6.07, 6.45) is 1.88. The van der Waals surface area contributed by atoms with Gasteiger partial charge in [0.05, 0.1) is 18.2 Å². The molecular weight excluding hydrogens is 301 g/mol. The van der Waals surface area contributed by atoms with Crippen LogP contribution in [0.2, 0.25) is 0 Å². The number of anilines is 1. The number of rotatable bonds is 1. The highest BCUT2D eigenvalue weighted by molar-refractivity contribution is 5.59. The second kappa shape index (κ2) is 5.32. The van der Waals surface area contributed by atoms with Crippen LogP contribution in [0.3, 0.4) is 0 Å². The van der Waals surface area contributed by atoms with Crippen LogP contribution in [0.5, 0.6) is 0 Å². The van der Waals surface area contributed by atoms with Crippen molar-refractivity contribution in [3.63, 3.8) is 0 Å². The third-order valence-electron chi connectivity index (χ3n) is 5.31. The van der Waals surface area contributed by atoms with Gasteiger partial charge in [0.2, 0.25) is 0 Å². The minimum absolute atomic E-state index is 0.134. The van der Waals surface area contributed by atoms with Crippen molar-refractivity contribution < 1.29 is 9.13 Å². The zero-order valence-corrected chi connectivity index (χ0v) is 14.5. The van der Waals surface area contributed by atoms with E-state index in [9.17, 15) is 4.39 Å². The molecule has 1 fully saturated rings. The zero-order chi connectivity index (χ0) is 16.9. The molecule has 2 nitrogen and oxygen atoms in total. The summed E-state index contributed by atoms with van der Waals surface area (Å²) in [5.74, 6) is -0.196. The number of benzene rings is 2. The van der Waals surface area contributed by atoms with E-state index in [1.54, 1.807) is 0 Å². The fourth-order valence-electron chi connectivity index (χ4n) is 4.25. The van der Waals surface area contributed by atoms with Crippen LogP contribution in [0.15, 0.2) is 42.5 Å². The van der Waals surface area contributed by atoms with Crippen LogP contribution < -0.4 is 5.32 Å². The Hall–Kier alpha value is -1.87. The van der Waals surface area contributed by atoms with Crippen LogP contribution in [0.4, 0.5) is 10.1 Å². The van der Waals surface area contributed by atoms with Gasteiger partial charge in [-0.2, -0.15) is 0 Å². The smallest absolute Gasteiger partial charge is 0.123 e. The zero-order valence-electron chi connectivity index (χ0n) is 14.5. The van der Waals surface area contributed by atoms with E-state index in [4.69, 9.17) is 4.74 Å². The summed E-state index contributed by atoms with van der Waals surface area (Å²) in [4.78, 5) is 0. The lowest BCUT2D eigenvalue weighted by Crippen LogP contribution is -2.36. The van der Waals surface area contributed by atoms with E-state index in [1.807, 2.05) is 12.1 Å². The van der Waals surface area contributed by atoms with Gasteiger partial charge < -0.3 is 10.1 Å². The molecule has 0 aromatic heterocycles. The summed E-state index contributed by atoms with van der Waals surface area (Å²) in [7, 11) is 0. The molecule has 1 saturated heterocycles. The average molecular weight is 325 g/mol. The van der Waals surface area contributed by atoms with Gasteiger partial charge in [-0.1, -0.05) is 43.7 Å². The van der Waals surface area contributed by atoms with Gasteiger partial charge in [0, 0.05) is 17.7 Å². The van der Waals surface area contributed by atoms with E-state index in [0.717, 1.165) is 30.7 Å². The maximum atomic E-state index is 13.3. The Balaban J connectivity index is 1.78. The lowest BCUT2D eigenvalue weighted by molar-refractivity contribution is -0.0157. The first kappa shape index (κ1) is 15.6. The third-order valence-corrected chi connectivity index (χ3v) is 5.31. The fourth-order valence-corrected chi connectivity index (χ4v) is 4.25. The van der Waals surface area contributed by atoms with Crippen molar-refractivity contribution in [2.75, 3.05) is 11.9 Å². The van der Waals surface area contributed by atoms with Gasteiger partial charge in [0.15, 0.2) is 0 Å². The highest BCUT2D eigenvalue weighted by Crippen LogP contribution is 2.54. The van der Waals surface area contributed by atoms with Gasteiger partial charge in [0.1, 0.15) is 5.82 Å². The lowest BCUT2D eigenvalue weighted by Gasteiger charge is -2.41. The standard InChI is InChI=1S/C21H24FNO/c1-14-4-9-18-17(10-14)21(12-20(2,3)13-24-21)11-19(23-18)15-5-7-16(22)8-6-15/h4-10,19,23H,11-13H2,1-3H3/t19?,21-/m1/s1. The monoisotopic (exact) mass is 325 g/mol. The molecule has 2 atom stereocenters. The van der Waals surface area contributed by atoms with E-state index in [0.29, 0.717) is 0 Å². The Morgan fingerprint density at radius 1 is 1.12 bits per heavy atom. The SMILES string of the molecule is Cc1ccc2c(c1)[C@@]1(CC(c3ccc(F)cc3)N2)CC(C)(C)CO1. The van der Waals surface area contributed by atoms with Crippen LogP contribution in [-0.4, -0.2) is 6.61 Å². The average Bonchev–Trinajstić information content (AvgIpc) is 2.84. The number of fused-ring (bicyclic) bond motifs is 2. The molecule has 4 rings (SSSR count). The Kier molecular flexibility index (Phi) is 3.47. The van der Waals surface area contributed by atoms with Crippen LogP contribution in [-0.2, 0) is 10.3 Å². The molecular formula is C21H24FNO. The van der Waals surface area contributed by atoms with Crippen molar-refractivity contribution in [2.45, 2.75) is 45.3 Å². The van der Waals surface area contributed by atoms with Crippen LogP contribution in [0, 0.1) is 18.2 Å². The fraction of sp³-hybridized carbons (Fsp3) is 0.429. The van der Waals surface area contributed by atoms with Crippen molar-refractivity contribution >= 4 is 5.69 Å². The molecule has 126 valence electrons. The molecule has 2 heterocycles. The van der Waals surface area contributed by atoms with E-state index in [1.165, 1.54) is 23.3 Å². The normalized spacial score (nSPS) is 27.8. The van der Waals surface area contributed by atoms with Crippen LogP contribution in [0.25, 0.3) is 0 Å².